The summed E-state index contributed by atoms with van der Waals surface area (Å²) in [6, 6.07) is 6.50. The summed E-state index contributed by atoms with van der Waals surface area (Å²) in [5.74, 6) is 1.14. The summed E-state index contributed by atoms with van der Waals surface area (Å²) < 4.78 is 36.7. The molecule has 0 aromatic heterocycles. The highest BCUT2D eigenvalue weighted by molar-refractivity contribution is 8.17. The first kappa shape index (κ1) is 48.7. The van der Waals surface area contributed by atoms with E-state index < -0.39 is 48.4 Å². The van der Waals surface area contributed by atoms with Crippen LogP contribution in [0.4, 0.5) is 0 Å². The average Bonchev–Trinajstić information content (AvgIpc) is 3.09. The highest BCUT2D eigenvalue weighted by atomic mass is 32.2. The maximum Gasteiger partial charge on any atom is 0.305 e. The van der Waals surface area contributed by atoms with E-state index in [4.69, 9.17) is 29.3 Å². The minimum atomic E-state index is -2.22. The zero-order chi connectivity index (χ0) is 40.8. The molecule has 1 spiro atoms. The minimum Gasteiger partial charge on any atom is -0.481 e. The topological polar surface area (TPSA) is 83.5 Å². The van der Waals surface area contributed by atoms with Crippen molar-refractivity contribution in [1.29, 1.82) is 0 Å². The quantitative estimate of drug-likeness (QED) is 0.0951. The number of carboxylic acid groups (broad SMARTS) is 1. The van der Waals surface area contributed by atoms with Crippen molar-refractivity contribution in [3.63, 3.8) is 0 Å². The van der Waals surface area contributed by atoms with E-state index in [2.05, 4.69) is 120 Å². The van der Waals surface area contributed by atoms with Gasteiger partial charge in [0.15, 0.2) is 30.7 Å². The molecule has 3 aliphatic heterocycles. The molecular weight excluding hydrogens is 765 g/mol. The number of carbonyl (C=O) groups is 1. The van der Waals surface area contributed by atoms with Gasteiger partial charge in [-0.15, -0.1) is 23.5 Å². The largest absolute Gasteiger partial charge is 0.481 e. The SMILES string of the molecule is C=C(C[C@H]1C[C@](C)(O[Si](C)(C)C(C)(C)C)C[C@@]2(C[C@@H](O[Si](CC)(CC)CC)C[C@H](CC(=O)O)O2)O1)[C@@H](C)[C@H](O[Si](CC)(CC)CC)[C@H](C)C1SCCCS1. The van der Waals surface area contributed by atoms with Gasteiger partial charge in [0.25, 0.3) is 0 Å². The second-order valence-corrected chi connectivity index (χ2v) is 35.9. The number of hydrogen-bond acceptors (Lipinski definition) is 8. The van der Waals surface area contributed by atoms with Crippen LogP contribution in [-0.2, 0) is 27.5 Å². The van der Waals surface area contributed by atoms with Crippen molar-refractivity contribution < 1.29 is 32.7 Å². The molecule has 0 aliphatic carbocycles. The molecule has 7 nitrogen and oxygen atoms in total. The number of thioether (sulfide) groups is 2. The first-order valence-electron chi connectivity index (χ1n) is 21.6. The molecule has 0 radical (unpaired) electrons. The molecule has 3 heterocycles. The first-order valence-corrected chi connectivity index (χ1v) is 31.7. The summed E-state index contributed by atoms with van der Waals surface area (Å²) in [6.07, 6.45) is 3.64. The number of rotatable bonds is 20. The predicted octanol–water partition coefficient (Wildman–Crippen LogP) is 12.5. The highest BCUT2D eigenvalue weighted by Gasteiger charge is 2.56. The molecule has 3 fully saturated rings. The number of aliphatic carboxylic acids is 1. The van der Waals surface area contributed by atoms with Gasteiger partial charge in [-0.3, -0.25) is 4.79 Å². The molecule has 0 aromatic carbocycles. The Morgan fingerprint density at radius 3 is 1.93 bits per heavy atom. The van der Waals surface area contributed by atoms with Crippen molar-refractivity contribution in [1.82, 2.24) is 0 Å². The van der Waals surface area contributed by atoms with Crippen LogP contribution in [0.5, 0.6) is 0 Å². The van der Waals surface area contributed by atoms with Crippen molar-refractivity contribution in [2.45, 2.75) is 223 Å². The molecule has 0 amide bonds. The minimum absolute atomic E-state index is 0.0264. The molecule has 12 heteroatoms. The van der Waals surface area contributed by atoms with Crippen LogP contribution in [0.2, 0.25) is 54.4 Å². The zero-order valence-electron chi connectivity index (χ0n) is 37.1. The van der Waals surface area contributed by atoms with E-state index >= 15 is 0 Å². The summed E-state index contributed by atoms with van der Waals surface area (Å²) in [6.45, 7) is 37.1. The van der Waals surface area contributed by atoms with Crippen LogP contribution in [0, 0.1) is 11.8 Å². The smallest absolute Gasteiger partial charge is 0.305 e. The van der Waals surface area contributed by atoms with E-state index in [1.807, 2.05) is 0 Å². The maximum atomic E-state index is 12.2. The van der Waals surface area contributed by atoms with Gasteiger partial charge in [-0.1, -0.05) is 88.3 Å². The molecule has 316 valence electrons. The van der Waals surface area contributed by atoms with Crippen LogP contribution in [-0.4, -0.2) is 87.9 Å². The third-order valence-corrected chi connectivity index (χ3v) is 31.3. The number of carboxylic acids is 1. The second kappa shape index (κ2) is 20.1. The van der Waals surface area contributed by atoms with Crippen molar-refractivity contribution in [3.05, 3.63) is 12.2 Å². The lowest BCUT2D eigenvalue weighted by atomic mass is 9.79. The molecule has 54 heavy (non-hydrogen) atoms. The monoisotopic (exact) mass is 846 g/mol. The predicted molar refractivity (Wildman–Crippen MR) is 239 cm³/mol. The lowest BCUT2D eigenvalue weighted by Gasteiger charge is -2.56. The maximum absolute atomic E-state index is 12.2. The van der Waals surface area contributed by atoms with Crippen molar-refractivity contribution in [2.24, 2.45) is 11.8 Å². The molecule has 3 rings (SSSR count). The Morgan fingerprint density at radius 2 is 1.43 bits per heavy atom. The Morgan fingerprint density at radius 1 is 0.889 bits per heavy atom. The van der Waals surface area contributed by atoms with Gasteiger partial charge in [0, 0.05) is 31.1 Å². The number of ether oxygens (including phenoxy) is 2. The van der Waals surface area contributed by atoms with Crippen molar-refractivity contribution in [2.75, 3.05) is 11.5 Å². The van der Waals surface area contributed by atoms with Crippen LogP contribution >= 0.6 is 23.5 Å². The van der Waals surface area contributed by atoms with Gasteiger partial charge in [0.1, 0.15) is 0 Å². The lowest BCUT2D eigenvalue weighted by Crippen LogP contribution is -2.62. The Kier molecular flexibility index (Phi) is 18.1. The fraction of sp³-hybridized carbons (Fsp3) is 0.929. The summed E-state index contributed by atoms with van der Waals surface area (Å²) in [5.41, 5.74) is 0.647. The molecule has 0 unspecified atom stereocenters. The molecule has 8 atom stereocenters. The summed E-state index contributed by atoms with van der Waals surface area (Å²) >= 11 is 4.22. The van der Waals surface area contributed by atoms with Gasteiger partial charge in [-0.05, 0) is 92.1 Å². The Labute approximate surface area is 343 Å². The van der Waals surface area contributed by atoms with Gasteiger partial charge in [-0.2, -0.15) is 0 Å². The fourth-order valence-electron chi connectivity index (χ4n) is 9.18. The molecule has 3 aliphatic rings. The zero-order valence-corrected chi connectivity index (χ0v) is 41.7. The third kappa shape index (κ3) is 12.4. The van der Waals surface area contributed by atoms with E-state index in [1.165, 1.54) is 23.5 Å². The molecule has 0 bridgehead atoms. The summed E-state index contributed by atoms with van der Waals surface area (Å²) in [7, 11) is -6.12. The van der Waals surface area contributed by atoms with E-state index in [0.717, 1.165) is 42.7 Å². The van der Waals surface area contributed by atoms with Crippen molar-refractivity contribution in [3.8, 4) is 0 Å². The highest BCUT2D eigenvalue weighted by Crippen LogP contribution is 2.51. The Balaban J connectivity index is 2.04. The molecule has 0 aromatic rings. The van der Waals surface area contributed by atoms with Gasteiger partial charge in [-0.25, -0.2) is 0 Å². The van der Waals surface area contributed by atoms with Crippen LogP contribution in [0.3, 0.4) is 0 Å². The second-order valence-electron chi connectivity index (χ2n) is 18.9. The average molecular weight is 848 g/mol. The van der Waals surface area contributed by atoms with Crippen LogP contribution < -0.4 is 0 Å². The van der Waals surface area contributed by atoms with Crippen molar-refractivity contribution >= 4 is 54.4 Å². The van der Waals surface area contributed by atoms with E-state index in [-0.39, 0.29) is 35.7 Å². The molecule has 0 saturated carbocycles. The van der Waals surface area contributed by atoms with Crippen LogP contribution in [0.1, 0.15) is 128 Å². The van der Waals surface area contributed by atoms with E-state index in [9.17, 15) is 9.90 Å². The van der Waals surface area contributed by atoms with E-state index in [1.54, 1.807) is 0 Å². The molecule has 3 saturated heterocycles. The Hall–Kier alpha value is 0.361. The molecular formula is C42H82O7S2Si3. The Bertz CT molecular complexity index is 1190. The number of hydrogen-bond donors (Lipinski definition) is 1. The normalized spacial score (nSPS) is 29.6. The third-order valence-electron chi connectivity index (χ3n) is 13.9. The fourth-order valence-corrected chi connectivity index (χ4v) is 19.9. The first-order chi connectivity index (χ1) is 25.1. The van der Waals surface area contributed by atoms with Gasteiger partial charge in [0.05, 0.1) is 41.0 Å². The standard InChI is InChI=1S/C42H82O7S2Si3/c1-16-53(17-2,18-3)47-36-26-34(27-37(43)44)45-42(29-36)30-41(13,49-52(14,15)40(10,11)12)28-35(46-42)25-31(7)32(8)38(48-54(19-4,20-5)21-6)33(9)39-50-23-22-24-51-39/h32-36,38-39H,7,16-30H2,1-6,8-15H3,(H,43,44)/t32-,33+,34-,35+,36+,38+,41+,42-/m1/s1. The van der Waals surface area contributed by atoms with Gasteiger partial charge < -0.3 is 27.9 Å². The van der Waals surface area contributed by atoms with Crippen LogP contribution in [0.15, 0.2) is 12.2 Å². The van der Waals surface area contributed by atoms with Gasteiger partial charge >= 0.3 is 5.97 Å². The lowest BCUT2D eigenvalue weighted by molar-refractivity contribution is -0.346. The summed E-state index contributed by atoms with van der Waals surface area (Å²) in [4.78, 5) is 12.2. The van der Waals surface area contributed by atoms with Gasteiger partial charge in [0.2, 0.25) is 0 Å². The van der Waals surface area contributed by atoms with Crippen LogP contribution in [0.25, 0.3) is 0 Å². The van der Waals surface area contributed by atoms with E-state index in [0.29, 0.717) is 36.2 Å². The molecule has 1 N–H and O–H groups in total. The summed E-state index contributed by atoms with van der Waals surface area (Å²) in [5, 5.41) is 10.0.